The highest BCUT2D eigenvalue weighted by atomic mass is 79.9. The Bertz CT molecular complexity index is 352. The van der Waals surface area contributed by atoms with E-state index in [1.54, 1.807) is 11.8 Å². The molecular weight excluding hydrogens is 340 g/mol. The molecule has 0 radical (unpaired) electrons. The lowest BCUT2D eigenvalue weighted by molar-refractivity contribution is 0.0987. The Morgan fingerprint density at radius 3 is 2.67 bits per heavy atom. The Labute approximate surface area is 111 Å². The first-order valence-corrected chi connectivity index (χ1v) is 8.02. The second kappa shape index (κ2) is 6.71. The molecule has 0 amide bonds. The van der Waals surface area contributed by atoms with Crippen molar-refractivity contribution in [3.8, 4) is 0 Å². The molecule has 0 saturated carbocycles. The summed E-state index contributed by atoms with van der Waals surface area (Å²) in [5.74, 6) is 0.207. The molecule has 1 aromatic carbocycles. The number of thioether (sulfide) groups is 1. The highest BCUT2D eigenvalue weighted by molar-refractivity contribution is 9.09. The van der Waals surface area contributed by atoms with E-state index in [9.17, 15) is 4.79 Å². The molecule has 0 fully saturated rings. The topological polar surface area (TPSA) is 17.1 Å². The van der Waals surface area contributed by atoms with Crippen molar-refractivity contribution in [2.45, 2.75) is 16.6 Å². The van der Waals surface area contributed by atoms with Gasteiger partial charge in [0.25, 0.3) is 0 Å². The maximum atomic E-state index is 11.8. The van der Waals surface area contributed by atoms with Crippen molar-refractivity contribution in [3.63, 3.8) is 0 Å². The van der Waals surface area contributed by atoms with E-state index in [2.05, 4.69) is 31.9 Å². The van der Waals surface area contributed by atoms with Gasteiger partial charge in [-0.2, -0.15) is 0 Å². The number of benzene rings is 1. The fraction of sp³-hybridized carbons (Fsp3) is 0.364. The number of rotatable bonds is 5. The molecule has 15 heavy (non-hydrogen) atoms. The average Bonchev–Trinajstić information content (AvgIpc) is 2.28. The lowest BCUT2D eigenvalue weighted by Crippen LogP contribution is -2.03. The summed E-state index contributed by atoms with van der Waals surface area (Å²) < 4.78 is 0. The van der Waals surface area contributed by atoms with E-state index in [0.717, 1.165) is 21.1 Å². The molecule has 0 aliphatic carbocycles. The predicted molar refractivity (Wildman–Crippen MR) is 73.6 cm³/mol. The molecule has 0 N–H and O–H groups in total. The van der Waals surface area contributed by atoms with Gasteiger partial charge in [0, 0.05) is 27.5 Å². The summed E-state index contributed by atoms with van der Waals surface area (Å²) in [6.07, 6.45) is 2.56. The van der Waals surface area contributed by atoms with Crippen LogP contribution in [0.5, 0.6) is 0 Å². The van der Waals surface area contributed by atoms with E-state index in [0.29, 0.717) is 6.42 Å². The standard InChI is InChI=1S/C11H12Br2OS/c1-15-11-8(7-13)3-2-4-9(11)10(14)5-6-12/h2-4H,5-7H2,1H3. The molecule has 0 atom stereocenters. The molecule has 4 heteroatoms. The van der Waals surface area contributed by atoms with Gasteiger partial charge in [-0.15, -0.1) is 11.8 Å². The zero-order valence-corrected chi connectivity index (χ0v) is 12.4. The first-order chi connectivity index (χ1) is 7.24. The summed E-state index contributed by atoms with van der Waals surface area (Å²) in [7, 11) is 0. The molecule has 1 rings (SSSR count). The quantitative estimate of drug-likeness (QED) is 0.447. The summed E-state index contributed by atoms with van der Waals surface area (Å²) in [5.41, 5.74) is 2.03. The van der Waals surface area contributed by atoms with Gasteiger partial charge in [-0.25, -0.2) is 0 Å². The molecule has 1 nitrogen and oxygen atoms in total. The SMILES string of the molecule is CSc1c(CBr)cccc1C(=O)CCBr. The van der Waals surface area contributed by atoms with Crippen molar-refractivity contribution in [2.24, 2.45) is 0 Å². The molecule has 0 spiro atoms. The summed E-state index contributed by atoms with van der Waals surface area (Å²) in [6.45, 7) is 0. The van der Waals surface area contributed by atoms with Crippen LogP contribution in [0.4, 0.5) is 0 Å². The molecule has 0 saturated heterocycles. The zero-order chi connectivity index (χ0) is 11.3. The van der Waals surface area contributed by atoms with Crippen LogP contribution < -0.4 is 0 Å². The molecule has 0 aliphatic heterocycles. The van der Waals surface area contributed by atoms with Crippen LogP contribution in [-0.4, -0.2) is 17.4 Å². The van der Waals surface area contributed by atoms with Crippen molar-refractivity contribution < 1.29 is 4.79 Å². The van der Waals surface area contributed by atoms with Gasteiger partial charge < -0.3 is 0 Å². The Hall–Kier alpha value is 0.200. The number of hydrogen-bond donors (Lipinski definition) is 0. The maximum Gasteiger partial charge on any atom is 0.164 e. The molecule has 0 unspecified atom stereocenters. The lowest BCUT2D eigenvalue weighted by atomic mass is 10.1. The third-order valence-corrected chi connectivity index (χ3v) is 3.96. The van der Waals surface area contributed by atoms with Gasteiger partial charge in [0.05, 0.1) is 0 Å². The Balaban J connectivity index is 3.11. The average molecular weight is 352 g/mol. The number of halogens is 2. The predicted octanol–water partition coefficient (Wildman–Crippen LogP) is 4.27. The van der Waals surface area contributed by atoms with Gasteiger partial charge in [-0.05, 0) is 11.8 Å². The molecule has 0 heterocycles. The van der Waals surface area contributed by atoms with Crippen molar-refractivity contribution >= 4 is 49.4 Å². The third-order valence-electron chi connectivity index (χ3n) is 2.07. The van der Waals surface area contributed by atoms with Crippen LogP contribution in [-0.2, 0) is 5.33 Å². The third kappa shape index (κ3) is 3.33. The van der Waals surface area contributed by atoms with E-state index in [1.165, 1.54) is 5.56 Å². The fourth-order valence-corrected chi connectivity index (χ4v) is 3.19. The number of carbonyl (C=O) groups excluding carboxylic acids is 1. The molecule has 1 aromatic rings. The minimum absolute atomic E-state index is 0.207. The van der Waals surface area contributed by atoms with Crippen LogP contribution in [0.3, 0.4) is 0 Å². The number of Topliss-reactive ketones (excluding diaryl/α,β-unsaturated/α-hetero) is 1. The molecule has 82 valence electrons. The van der Waals surface area contributed by atoms with E-state index in [4.69, 9.17) is 0 Å². The maximum absolute atomic E-state index is 11.8. The van der Waals surface area contributed by atoms with E-state index in [1.807, 2.05) is 24.5 Å². The summed E-state index contributed by atoms with van der Waals surface area (Å²) in [4.78, 5) is 12.9. The van der Waals surface area contributed by atoms with Crippen LogP contribution in [0, 0.1) is 0 Å². The second-order valence-corrected chi connectivity index (χ2v) is 5.16. The lowest BCUT2D eigenvalue weighted by Gasteiger charge is -2.09. The Morgan fingerprint density at radius 1 is 1.40 bits per heavy atom. The smallest absolute Gasteiger partial charge is 0.164 e. The summed E-state index contributed by atoms with van der Waals surface area (Å²) in [6, 6.07) is 5.90. The van der Waals surface area contributed by atoms with Crippen LogP contribution in [0.25, 0.3) is 0 Å². The minimum atomic E-state index is 0.207. The zero-order valence-electron chi connectivity index (χ0n) is 8.43. The molecule has 0 aliphatic rings. The van der Waals surface area contributed by atoms with E-state index < -0.39 is 0 Å². The van der Waals surface area contributed by atoms with Gasteiger partial charge in [0.2, 0.25) is 0 Å². The largest absolute Gasteiger partial charge is 0.294 e. The fourth-order valence-electron chi connectivity index (χ4n) is 1.37. The van der Waals surface area contributed by atoms with Crippen LogP contribution in [0.2, 0.25) is 0 Å². The highest BCUT2D eigenvalue weighted by Gasteiger charge is 2.12. The minimum Gasteiger partial charge on any atom is -0.294 e. The van der Waals surface area contributed by atoms with E-state index >= 15 is 0 Å². The normalized spacial score (nSPS) is 10.3. The van der Waals surface area contributed by atoms with Gasteiger partial charge in [0.15, 0.2) is 5.78 Å². The summed E-state index contributed by atoms with van der Waals surface area (Å²) in [5, 5.41) is 1.51. The van der Waals surface area contributed by atoms with Crippen LogP contribution in [0.15, 0.2) is 23.1 Å². The molecule has 0 bridgehead atoms. The highest BCUT2D eigenvalue weighted by Crippen LogP contribution is 2.27. The van der Waals surface area contributed by atoms with Gasteiger partial charge in [0.1, 0.15) is 0 Å². The number of carbonyl (C=O) groups is 1. The van der Waals surface area contributed by atoms with Crippen LogP contribution >= 0.6 is 43.6 Å². The van der Waals surface area contributed by atoms with Gasteiger partial charge in [-0.3, -0.25) is 4.79 Å². The Morgan fingerprint density at radius 2 is 2.13 bits per heavy atom. The second-order valence-electron chi connectivity index (χ2n) is 2.99. The molecular formula is C11H12Br2OS. The monoisotopic (exact) mass is 350 g/mol. The number of ketones is 1. The van der Waals surface area contributed by atoms with Gasteiger partial charge >= 0.3 is 0 Å². The van der Waals surface area contributed by atoms with Crippen molar-refractivity contribution in [1.29, 1.82) is 0 Å². The number of hydrogen-bond acceptors (Lipinski definition) is 2. The Kier molecular flexibility index (Phi) is 5.94. The first-order valence-electron chi connectivity index (χ1n) is 4.55. The summed E-state index contributed by atoms with van der Waals surface area (Å²) >= 11 is 8.36. The van der Waals surface area contributed by atoms with Crippen molar-refractivity contribution in [2.75, 3.05) is 11.6 Å². The van der Waals surface area contributed by atoms with Crippen molar-refractivity contribution in [1.82, 2.24) is 0 Å². The molecule has 0 aromatic heterocycles. The van der Waals surface area contributed by atoms with Gasteiger partial charge in [-0.1, -0.05) is 50.1 Å². The van der Waals surface area contributed by atoms with Crippen LogP contribution in [0.1, 0.15) is 22.3 Å². The first kappa shape index (κ1) is 13.3. The number of alkyl halides is 2. The van der Waals surface area contributed by atoms with E-state index in [-0.39, 0.29) is 5.78 Å². The van der Waals surface area contributed by atoms with Crippen molar-refractivity contribution in [3.05, 3.63) is 29.3 Å².